The Labute approximate surface area is 159 Å². The average Bonchev–Trinajstić information content (AvgIpc) is 2.65. The van der Waals surface area contributed by atoms with Crippen molar-refractivity contribution < 1.29 is 0 Å². The lowest BCUT2D eigenvalue weighted by Gasteiger charge is -2.36. The fraction of sp³-hybridized carbons (Fsp3) is 0.542. The van der Waals surface area contributed by atoms with Gasteiger partial charge in [-0.2, -0.15) is 0 Å². The van der Waals surface area contributed by atoms with Gasteiger partial charge in [0.2, 0.25) is 0 Å². The first-order valence-corrected chi connectivity index (χ1v) is 10.3. The molecule has 1 aromatic heterocycles. The van der Waals surface area contributed by atoms with Crippen LogP contribution in [0.3, 0.4) is 0 Å². The van der Waals surface area contributed by atoms with Crippen LogP contribution in [0.15, 0.2) is 30.3 Å². The topological polar surface area (TPSA) is 16.1 Å². The Morgan fingerprint density at radius 1 is 1.19 bits per heavy atom. The minimum Gasteiger partial charge on any atom is -0.299 e. The largest absolute Gasteiger partial charge is 0.299 e. The molecule has 0 amide bonds. The van der Waals surface area contributed by atoms with Crippen LogP contribution in [-0.2, 0) is 12.8 Å². The summed E-state index contributed by atoms with van der Waals surface area (Å²) in [5.41, 5.74) is 8.42. The maximum absolute atomic E-state index is 4.86. The minimum atomic E-state index is 0.549. The Morgan fingerprint density at radius 3 is 2.65 bits per heavy atom. The van der Waals surface area contributed by atoms with Crippen molar-refractivity contribution in [2.75, 3.05) is 13.6 Å². The predicted molar refractivity (Wildman–Crippen MR) is 111 cm³/mol. The molecule has 0 spiro atoms. The molecule has 1 aromatic carbocycles. The van der Waals surface area contributed by atoms with Gasteiger partial charge in [-0.1, -0.05) is 38.1 Å². The van der Waals surface area contributed by atoms with Crippen molar-refractivity contribution in [3.8, 4) is 0 Å². The number of rotatable bonds is 6. The zero-order valence-corrected chi connectivity index (χ0v) is 17.2. The van der Waals surface area contributed by atoms with E-state index in [1.54, 1.807) is 11.1 Å². The SMILES string of the molecule is CCc1cc(C)c([C@H](CC)CN(C)[C@H]2CCCc3ccccc32)c(C)n1. The fourth-order valence-electron chi connectivity index (χ4n) is 4.80. The lowest BCUT2D eigenvalue weighted by Crippen LogP contribution is -2.32. The Kier molecular flexibility index (Phi) is 6.13. The smallest absolute Gasteiger partial charge is 0.0413 e. The van der Waals surface area contributed by atoms with Gasteiger partial charge in [0.05, 0.1) is 0 Å². The third-order valence-corrected chi connectivity index (χ3v) is 6.15. The molecule has 140 valence electrons. The summed E-state index contributed by atoms with van der Waals surface area (Å²) in [6, 6.07) is 11.9. The van der Waals surface area contributed by atoms with Gasteiger partial charge in [0, 0.05) is 24.0 Å². The average molecular weight is 351 g/mol. The molecule has 2 aromatic rings. The van der Waals surface area contributed by atoms with Crippen LogP contribution < -0.4 is 0 Å². The Balaban J connectivity index is 1.83. The monoisotopic (exact) mass is 350 g/mol. The summed E-state index contributed by atoms with van der Waals surface area (Å²) in [4.78, 5) is 7.45. The summed E-state index contributed by atoms with van der Waals surface area (Å²) >= 11 is 0. The molecule has 0 bridgehead atoms. The van der Waals surface area contributed by atoms with Crippen molar-refractivity contribution in [3.05, 3.63) is 64.0 Å². The second-order valence-corrected chi connectivity index (χ2v) is 7.93. The first kappa shape index (κ1) is 19.1. The third kappa shape index (κ3) is 3.86. The molecule has 2 heteroatoms. The van der Waals surface area contributed by atoms with Gasteiger partial charge in [-0.25, -0.2) is 0 Å². The van der Waals surface area contributed by atoms with E-state index in [2.05, 4.69) is 70.0 Å². The van der Waals surface area contributed by atoms with E-state index in [1.165, 1.54) is 41.8 Å². The molecule has 2 nitrogen and oxygen atoms in total. The highest BCUT2D eigenvalue weighted by Crippen LogP contribution is 2.36. The molecular weight excluding hydrogens is 316 g/mol. The van der Waals surface area contributed by atoms with Crippen LogP contribution in [0.1, 0.15) is 78.7 Å². The van der Waals surface area contributed by atoms with E-state index >= 15 is 0 Å². The van der Waals surface area contributed by atoms with Crippen LogP contribution in [0.5, 0.6) is 0 Å². The maximum atomic E-state index is 4.86. The Hall–Kier alpha value is -1.67. The van der Waals surface area contributed by atoms with Crippen molar-refractivity contribution in [1.82, 2.24) is 9.88 Å². The molecule has 1 aliphatic rings. The number of pyridine rings is 1. The molecule has 26 heavy (non-hydrogen) atoms. The number of nitrogens with zero attached hydrogens (tertiary/aromatic N) is 2. The van der Waals surface area contributed by atoms with E-state index in [1.807, 2.05) is 0 Å². The number of fused-ring (bicyclic) bond motifs is 1. The van der Waals surface area contributed by atoms with Crippen LogP contribution in [0.2, 0.25) is 0 Å². The zero-order chi connectivity index (χ0) is 18.7. The van der Waals surface area contributed by atoms with Crippen molar-refractivity contribution in [2.45, 2.75) is 71.8 Å². The number of aromatic nitrogens is 1. The predicted octanol–water partition coefficient (Wildman–Crippen LogP) is 5.76. The van der Waals surface area contributed by atoms with Crippen LogP contribution in [0.25, 0.3) is 0 Å². The molecule has 0 saturated heterocycles. The highest BCUT2D eigenvalue weighted by Gasteiger charge is 2.26. The number of aryl methyl sites for hydroxylation is 4. The standard InChI is InChI=1S/C24H34N2/c1-6-19(24-17(3)15-21(7-2)25-18(24)4)16-26(5)23-14-10-12-20-11-8-9-13-22(20)23/h8-9,11,13,15,19,23H,6-7,10,12,14,16H2,1-5H3/t19-,23+/m1/s1. The summed E-state index contributed by atoms with van der Waals surface area (Å²) in [5, 5.41) is 0. The molecule has 0 saturated carbocycles. The van der Waals surface area contributed by atoms with Crippen molar-refractivity contribution in [2.24, 2.45) is 0 Å². The lowest BCUT2D eigenvalue weighted by molar-refractivity contribution is 0.206. The minimum absolute atomic E-state index is 0.549. The quantitative estimate of drug-likeness (QED) is 0.658. The highest BCUT2D eigenvalue weighted by atomic mass is 15.1. The lowest BCUT2D eigenvalue weighted by atomic mass is 9.85. The van der Waals surface area contributed by atoms with Crippen LogP contribution in [-0.4, -0.2) is 23.5 Å². The number of likely N-dealkylation sites (N-methyl/N-ethyl adjacent to an activating group) is 1. The molecule has 0 aliphatic heterocycles. The molecule has 1 heterocycles. The molecule has 0 unspecified atom stereocenters. The first-order chi connectivity index (χ1) is 12.5. The zero-order valence-electron chi connectivity index (χ0n) is 17.2. The summed E-state index contributed by atoms with van der Waals surface area (Å²) in [5.74, 6) is 0.549. The van der Waals surface area contributed by atoms with Gasteiger partial charge in [-0.05, 0) is 87.2 Å². The van der Waals surface area contributed by atoms with E-state index in [0.717, 1.165) is 19.4 Å². The summed E-state index contributed by atoms with van der Waals surface area (Å²) in [6.07, 6.45) is 5.98. The van der Waals surface area contributed by atoms with Gasteiger partial charge in [-0.3, -0.25) is 9.88 Å². The van der Waals surface area contributed by atoms with Crippen molar-refractivity contribution in [3.63, 3.8) is 0 Å². The second-order valence-electron chi connectivity index (χ2n) is 7.93. The van der Waals surface area contributed by atoms with E-state index in [4.69, 9.17) is 4.98 Å². The van der Waals surface area contributed by atoms with Crippen molar-refractivity contribution >= 4 is 0 Å². The number of hydrogen-bond donors (Lipinski definition) is 0. The van der Waals surface area contributed by atoms with E-state index in [0.29, 0.717) is 12.0 Å². The second kappa shape index (κ2) is 8.35. The van der Waals surface area contributed by atoms with E-state index < -0.39 is 0 Å². The van der Waals surface area contributed by atoms with Crippen LogP contribution in [0, 0.1) is 13.8 Å². The molecule has 3 rings (SSSR count). The highest BCUT2D eigenvalue weighted by molar-refractivity contribution is 5.35. The van der Waals surface area contributed by atoms with Gasteiger partial charge in [0.1, 0.15) is 0 Å². The van der Waals surface area contributed by atoms with Gasteiger partial charge < -0.3 is 0 Å². The first-order valence-electron chi connectivity index (χ1n) is 10.3. The maximum Gasteiger partial charge on any atom is 0.0413 e. The normalized spacial score (nSPS) is 18.0. The summed E-state index contributed by atoms with van der Waals surface area (Å²) in [6.45, 7) is 10.1. The molecule has 1 aliphatic carbocycles. The summed E-state index contributed by atoms with van der Waals surface area (Å²) in [7, 11) is 2.31. The molecule has 0 N–H and O–H groups in total. The van der Waals surface area contributed by atoms with Gasteiger partial charge in [0.25, 0.3) is 0 Å². The molecule has 0 radical (unpaired) electrons. The number of benzene rings is 1. The van der Waals surface area contributed by atoms with Gasteiger partial charge in [0.15, 0.2) is 0 Å². The van der Waals surface area contributed by atoms with Crippen molar-refractivity contribution in [1.29, 1.82) is 0 Å². The molecular formula is C24H34N2. The van der Waals surface area contributed by atoms with Crippen LogP contribution in [0.4, 0.5) is 0 Å². The van der Waals surface area contributed by atoms with E-state index in [-0.39, 0.29) is 0 Å². The molecule has 0 fully saturated rings. The van der Waals surface area contributed by atoms with E-state index in [9.17, 15) is 0 Å². The van der Waals surface area contributed by atoms with Gasteiger partial charge in [-0.15, -0.1) is 0 Å². The fourth-order valence-corrected chi connectivity index (χ4v) is 4.80. The Bertz CT molecular complexity index is 727. The molecule has 2 atom stereocenters. The Morgan fingerprint density at radius 2 is 1.96 bits per heavy atom. The van der Waals surface area contributed by atoms with Crippen LogP contribution >= 0.6 is 0 Å². The van der Waals surface area contributed by atoms with Gasteiger partial charge >= 0.3 is 0 Å². The number of hydrogen-bond acceptors (Lipinski definition) is 2. The third-order valence-electron chi connectivity index (χ3n) is 6.15. The summed E-state index contributed by atoms with van der Waals surface area (Å²) < 4.78 is 0.